The van der Waals surface area contributed by atoms with E-state index in [9.17, 15) is 4.79 Å². The molecule has 0 bridgehead atoms. The number of rotatable bonds is 6. The Morgan fingerprint density at radius 1 is 0.933 bits per heavy atom. The van der Waals surface area contributed by atoms with E-state index in [1.54, 1.807) is 13.3 Å². The Morgan fingerprint density at radius 3 is 1.97 bits per heavy atom. The van der Waals surface area contributed by atoms with Crippen LogP contribution in [0.3, 0.4) is 0 Å². The van der Waals surface area contributed by atoms with Crippen LogP contribution < -0.4 is 10.2 Å². The number of nitrogens with one attached hydrogen (secondary N) is 1. The van der Waals surface area contributed by atoms with Crippen molar-refractivity contribution in [3.8, 4) is 5.75 Å². The first-order chi connectivity index (χ1) is 14.5. The second-order valence-electron chi connectivity index (χ2n) is 7.97. The first-order valence-corrected chi connectivity index (χ1v) is 10.1. The lowest BCUT2D eigenvalue weighted by Crippen LogP contribution is -2.25. The number of methoxy groups -OCH3 is 1. The van der Waals surface area contributed by atoms with Gasteiger partial charge in [-0.3, -0.25) is 4.79 Å². The summed E-state index contributed by atoms with van der Waals surface area (Å²) in [7, 11) is 1.63. The zero-order valence-corrected chi connectivity index (χ0v) is 17.6. The summed E-state index contributed by atoms with van der Waals surface area (Å²) in [4.78, 5) is 12.9. The first kappa shape index (κ1) is 19.9. The Kier molecular flexibility index (Phi) is 5.40. The van der Waals surface area contributed by atoms with E-state index in [1.807, 2.05) is 24.3 Å². The molecule has 0 saturated heterocycles. The lowest BCUT2D eigenvalue weighted by molar-refractivity contribution is -0.122. The summed E-state index contributed by atoms with van der Waals surface area (Å²) in [5.41, 5.74) is 8.12. The predicted octanol–water partition coefficient (Wildman–Crippen LogP) is 4.77. The van der Waals surface area contributed by atoms with Crippen molar-refractivity contribution in [1.29, 1.82) is 0 Å². The van der Waals surface area contributed by atoms with Crippen LogP contribution in [0.5, 0.6) is 5.75 Å². The number of ether oxygens (including phenoxy) is 1. The Morgan fingerprint density at radius 2 is 1.47 bits per heavy atom. The molecule has 0 aromatic heterocycles. The lowest BCUT2D eigenvalue weighted by atomic mass is 9.85. The third-order valence-corrected chi connectivity index (χ3v) is 5.91. The number of hydrogen-bond donors (Lipinski definition) is 1. The van der Waals surface area contributed by atoms with Crippen LogP contribution in [0.25, 0.3) is 0 Å². The van der Waals surface area contributed by atoms with Gasteiger partial charge in [-0.15, -0.1) is 0 Å². The molecule has 30 heavy (non-hydrogen) atoms. The van der Waals surface area contributed by atoms with E-state index in [0.29, 0.717) is 0 Å². The Hall–Kier alpha value is -3.40. The first-order valence-electron chi connectivity index (χ1n) is 10.1. The zero-order chi connectivity index (χ0) is 21.1. The molecule has 1 aliphatic carbocycles. The van der Waals surface area contributed by atoms with Crippen molar-refractivity contribution >= 4 is 12.1 Å². The molecule has 3 aromatic rings. The third kappa shape index (κ3) is 3.86. The minimum Gasteiger partial charge on any atom is -0.497 e. The van der Waals surface area contributed by atoms with Gasteiger partial charge < -0.3 is 4.74 Å². The average Bonchev–Trinajstić information content (AvgIpc) is 3.52. The fraction of sp³-hybridized carbons (Fsp3) is 0.231. The highest BCUT2D eigenvalue weighted by molar-refractivity contribution is 5.87. The fourth-order valence-electron chi connectivity index (χ4n) is 4.02. The standard InChI is InChI=1S/C26H26N2O2/c1-18-4-10-21(11-5-18)26(22-12-6-19(2)7-13-22)16-24(26)25(29)28-27-17-20-8-14-23(30-3)15-9-20/h4-15,17,24H,16H2,1-3H3,(H,28,29)/b27-17+. The molecule has 1 N–H and O–H groups in total. The van der Waals surface area contributed by atoms with Crippen molar-refractivity contribution in [3.05, 3.63) is 101 Å². The van der Waals surface area contributed by atoms with Crippen LogP contribution in [0.2, 0.25) is 0 Å². The topological polar surface area (TPSA) is 50.7 Å². The molecule has 4 heteroatoms. The molecule has 3 aromatic carbocycles. The molecule has 152 valence electrons. The van der Waals surface area contributed by atoms with E-state index in [-0.39, 0.29) is 17.2 Å². The van der Waals surface area contributed by atoms with Gasteiger partial charge in [0.1, 0.15) is 5.75 Å². The number of carbonyl (C=O) groups is 1. The van der Waals surface area contributed by atoms with Crippen LogP contribution >= 0.6 is 0 Å². The fourth-order valence-corrected chi connectivity index (χ4v) is 4.02. The molecular weight excluding hydrogens is 372 g/mol. The number of carbonyl (C=O) groups excluding carboxylic acids is 1. The maximum atomic E-state index is 12.9. The van der Waals surface area contributed by atoms with Crippen molar-refractivity contribution in [2.24, 2.45) is 11.0 Å². The van der Waals surface area contributed by atoms with Gasteiger partial charge in [-0.1, -0.05) is 59.7 Å². The molecule has 0 heterocycles. The zero-order valence-electron chi connectivity index (χ0n) is 17.6. The van der Waals surface area contributed by atoms with E-state index in [0.717, 1.165) is 17.7 Å². The number of nitrogens with zero attached hydrogens (tertiary/aromatic N) is 1. The number of hydrogen-bond acceptors (Lipinski definition) is 3. The summed E-state index contributed by atoms with van der Waals surface area (Å²) in [6, 6.07) is 24.5. The van der Waals surface area contributed by atoms with Crippen LogP contribution in [-0.2, 0) is 10.2 Å². The summed E-state index contributed by atoms with van der Waals surface area (Å²) in [5, 5.41) is 4.17. The molecule has 1 fully saturated rings. The number of hydrazone groups is 1. The number of amides is 1. The van der Waals surface area contributed by atoms with Gasteiger partial charge in [-0.2, -0.15) is 5.10 Å². The van der Waals surface area contributed by atoms with Crippen LogP contribution in [0, 0.1) is 19.8 Å². The highest BCUT2D eigenvalue weighted by atomic mass is 16.5. The Bertz CT molecular complexity index is 1010. The van der Waals surface area contributed by atoms with Gasteiger partial charge in [0.2, 0.25) is 5.91 Å². The molecule has 0 spiro atoms. The number of aryl methyl sites for hydroxylation is 2. The van der Waals surface area contributed by atoms with E-state index >= 15 is 0 Å². The summed E-state index contributed by atoms with van der Waals surface area (Å²) in [6.07, 6.45) is 2.43. The van der Waals surface area contributed by atoms with Crippen LogP contribution in [-0.4, -0.2) is 19.2 Å². The average molecular weight is 399 g/mol. The largest absolute Gasteiger partial charge is 0.497 e. The van der Waals surface area contributed by atoms with Gasteiger partial charge in [-0.05, 0) is 61.2 Å². The van der Waals surface area contributed by atoms with Crippen LogP contribution in [0.15, 0.2) is 77.9 Å². The highest BCUT2D eigenvalue weighted by Gasteiger charge is 2.60. The van der Waals surface area contributed by atoms with E-state index in [1.165, 1.54) is 22.3 Å². The van der Waals surface area contributed by atoms with Crippen molar-refractivity contribution in [2.75, 3.05) is 7.11 Å². The Balaban J connectivity index is 1.53. The smallest absolute Gasteiger partial charge is 0.244 e. The second kappa shape index (κ2) is 8.15. The monoisotopic (exact) mass is 398 g/mol. The van der Waals surface area contributed by atoms with E-state index in [2.05, 4.69) is 72.9 Å². The van der Waals surface area contributed by atoms with Crippen molar-refractivity contribution in [2.45, 2.75) is 25.7 Å². The van der Waals surface area contributed by atoms with Crippen molar-refractivity contribution in [1.82, 2.24) is 5.43 Å². The predicted molar refractivity (Wildman–Crippen MR) is 120 cm³/mol. The molecule has 0 aliphatic heterocycles. The quantitative estimate of drug-likeness (QED) is 0.480. The third-order valence-electron chi connectivity index (χ3n) is 5.91. The molecule has 1 amide bonds. The van der Waals surface area contributed by atoms with Gasteiger partial charge in [-0.25, -0.2) is 5.43 Å². The van der Waals surface area contributed by atoms with E-state index in [4.69, 9.17) is 4.74 Å². The molecule has 1 unspecified atom stereocenters. The molecule has 4 rings (SSSR count). The molecule has 0 radical (unpaired) electrons. The normalized spacial score (nSPS) is 17.0. The van der Waals surface area contributed by atoms with Gasteiger partial charge in [0.05, 0.1) is 19.2 Å². The Labute approximate surface area is 177 Å². The van der Waals surface area contributed by atoms with Crippen molar-refractivity contribution in [3.63, 3.8) is 0 Å². The lowest BCUT2D eigenvalue weighted by Gasteiger charge is -2.19. The molecule has 1 atom stereocenters. The van der Waals surface area contributed by atoms with Crippen LogP contribution in [0.1, 0.15) is 34.2 Å². The molecular formula is C26H26N2O2. The van der Waals surface area contributed by atoms with Gasteiger partial charge >= 0.3 is 0 Å². The summed E-state index contributed by atoms with van der Waals surface area (Å²) in [5.74, 6) is 0.590. The van der Waals surface area contributed by atoms with Gasteiger partial charge in [0, 0.05) is 5.41 Å². The number of benzene rings is 3. The van der Waals surface area contributed by atoms with Crippen molar-refractivity contribution < 1.29 is 9.53 Å². The molecule has 1 saturated carbocycles. The minimum atomic E-state index is -0.291. The second-order valence-corrected chi connectivity index (χ2v) is 7.97. The highest BCUT2D eigenvalue weighted by Crippen LogP contribution is 2.59. The SMILES string of the molecule is COc1ccc(/C=N/NC(=O)C2CC2(c2ccc(C)cc2)c2ccc(C)cc2)cc1. The maximum absolute atomic E-state index is 12.9. The molecule has 1 aliphatic rings. The summed E-state index contributed by atoms with van der Waals surface area (Å²) < 4.78 is 5.16. The summed E-state index contributed by atoms with van der Waals surface area (Å²) >= 11 is 0. The van der Waals surface area contributed by atoms with Gasteiger partial charge in [0.25, 0.3) is 0 Å². The van der Waals surface area contributed by atoms with Gasteiger partial charge in [0.15, 0.2) is 0 Å². The van der Waals surface area contributed by atoms with E-state index < -0.39 is 0 Å². The maximum Gasteiger partial charge on any atom is 0.244 e. The minimum absolute atomic E-state index is 0.0547. The summed E-state index contributed by atoms with van der Waals surface area (Å²) in [6.45, 7) is 4.15. The van der Waals surface area contributed by atoms with Crippen LogP contribution in [0.4, 0.5) is 0 Å². The molecule has 4 nitrogen and oxygen atoms in total.